The van der Waals surface area contributed by atoms with E-state index in [0.717, 1.165) is 11.3 Å². The number of hydrogen-bond donors (Lipinski definition) is 1. The second kappa shape index (κ2) is 4.49. The highest BCUT2D eigenvalue weighted by atomic mass is 32.1. The van der Waals surface area contributed by atoms with Crippen LogP contribution in [0.5, 0.6) is 0 Å². The lowest BCUT2D eigenvalue weighted by molar-refractivity contribution is -0.384. The molecule has 1 N–H and O–H groups in total. The molecule has 0 saturated carbocycles. The summed E-state index contributed by atoms with van der Waals surface area (Å²) in [6.45, 7) is 1.37. The molecule has 18 heavy (non-hydrogen) atoms. The van der Waals surface area contributed by atoms with Crippen LogP contribution in [0, 0.1) is 15.5 Å². The predicted molar refractivity (Wildman–Crippen MR) is 64.0 cm³/mol. The Hall–Kier alpha value is -2.35. The number of nitro benzene ring substituents is 1. The Morgan fingerprint density at radius 2 is 2.06 bits per heavy atom. The fourth-order valence-electron chi connectivity index (χ4n) is 1.32. The summed E-state index contributed by atoms with van der Waals surface area (Å²) in [4.78, 5) is 21.3. The molecular weight excluding hydrogens is 256 g/mol. The SMILES string of the molecule is CC(=O)c1nn(-c2ccc([N+](=O)[O-])cc2)c(=N)s1. The van der Waals surface area contributed by atoms with Gasteiger partial charge < -0.3 is 0 Å². The number of Topliss-reactive ketones (excluding diaryl/α,β-unsaturated/α-hetero) is 1. The van der Waals surface area contributed by atoms with E-state index in [1.807, 2.05) is 0 Å². The van der Waals surface area contributed by atoms with Crippen molar-refractivity contribution in [1.82, 2.24) is 9.78 Å². The lowest BCUT2D eigenvalue weighted by atomic mass is 10.3. The molecule has 0 aliphatic heterocycles. The molecule has 0 radical (unpaired) electrons. The summed E-state index contributed by atoms with van der Waals surface area (Å²) in [5.41, 5.74) is 0.474. The van der Waals surface area contributed by atoms with Gasteiger partial charge in [-0.3, -0.25) is 20.3 Å². The van der Waals surface area contributed by atoms with E-state index >= 15 is 0 Å². The Morgan fingerprint density at radius 1 is 1.44 bits per heavy atom. The average Bonchev–Trinajstić information content (AvgIpc) is 2.71. The van der Waals surface area contributed by atoms with E-state index in [2.05, 4.69) is 5.10 Å². The molecule has 0 unspecified atom stereocenters. The van der Waals surface area contributed by atoms with E-state index in [4.69, 9.17) is 5.41 Å². The van der Waals surface area contributed by atoms with Gasteiger partial charge in [-0.15, -0.1) is 0 Å². The first-order valence-corrected chi connectivity index (χ1v) is 5.71. The normalized spacial score (nSPS) is 10.3. The molecule has 1 aromatic heterocycles. The Labute approximate surface area is 105 Å². The summed E-state index contributed by atoms with van der Waals surface area (Å²) >= 11 is 0.963. The summed E-state index contributed by atoms with van der Waals surface area (Å²) in [7, 11) is 0. The molecule has 92 valence electrons. The topological polar surface area (TPSA) is 102 Å². The molecule has 0 amide bonds. The van der Waals surface area contributed by atoms with Crippen molar-refractivity contribution in [2.24, 2.45) is 0 Å². The van der Waals surface area contributed by atoms with E-state index in [1.54, 1.807) is 0 Å². The van der Waals surface area contributed by atoms with E-state index in [0.29, 0.717) is 5.69 Å². The molecule has 0 aliphatic carbocycles. The summed E-state index contributed by atoms with van der Waals surface area (Å²) < 4.78 is 1.27. The van der Waals surface area contributed by atoms with Crippen LogP contribution in [0.15, 0.2) is 24.3 Å². The van der Waals surface area contributed by atoms with Gasteiger partial charge in [0.25, 0.3) is 5.69 Å². The molecule has 1 aromatic carbocycles. The average molecular weight is 264 g/mol. The third kappa shape index (κ3) is 2.18. The van der Waals surface area contributed by atoms with Crippen molar-refractivity contribution in [2.75, 3.05) is 0 Å². The van der Waals surface area contributed by atoms with Crippen molar-refractivity contribution in [1.29, 1.82) is 5.41 Å². The van der Waals surface area contributed by atoms with Crippen LogP contribution >= 0.6 is 11.3 Å². The van der Waals surface area contributed by atoms with Crippen molar-refractivity contribution in [3.8, 4) is 5.69 Å². The van der Waals surface area contributed by atoms with Crippen molar-refractivity contribution in [3.63, 3.8) is 0 Å². The third-order valence-electron chi connectivity index (χ3n) is 2.18. The smallest absolute Gasteiger partial charge is 0.269 e. The lowest BCUT2D eigenvalue weighted by Crippen LogP contribution is -2.12. The fraction of sp³-hybridized carbons (Fsp3) is 0.100. The summed E-state index contributed by atoms with van der Waals surface area (Å²) in [5.74, 6) is -0.214. The maximum absolute atomic E-state index is 11.1. The van der Waals surface area contributed by atoms with Crippen LogP contribution in [0.3, 0.4) is 0 Å². The fourth-order valence-corrected chi connectivity index (χ4v) is 2.01. The van der Waals surface area contributed by atoms with Crippen LogP contribution in [-0.4, -0.2) is 20.5 Å². The van der Waals surface area contributed by atoms with Gasteiger partial charge in [0.15, 0.2) is 10.8 Å². The van der Waals surface area contributed by atoms with Crippen LogP contribution in [0.4, 0.5) is 5.69 Å². The minimum atomic E-state index is -0.502. The third-order valence-corrected chi connectivity index (χ3v) is 3.11. The Bertz CT molecular complexity index is 671. The quantitative estimate of drug-likeness (QED) is 0.515. The molecule has 1 heterocycles. The highest BCUT2D eigenvalue weighted by Gasteiger charge is 2.11. The van der Waals surface area contributed by atoms with Gasteiger partial charge in [0.05, 0.1) is 10.6 Å². The second-order valence-electron chi connectivity index (χ2n) is 3.45. The predicted octanol–water partition coefficient (Wildman–Crippen LogP) is 1.52. The van der Waals surface area contributed by atoms with Gasteiger partial charge >= 0.3 is 0 Å². The monoisotopic (exact) mass is 264 g/mol. The summed E-state index contributed by atoms with van der Waals surface area (Å²) in [6, 6.07) is 5.63. The molecule has 0 atom stereocenters. The number of nitro groups is 1. The van der Waals surface area contributed by atoms with E-state index in [9.17, 15) is 14.9 Å². The lowest BCUT2D eigenvalue weighted by Gasteiger charge is -1.99. The zero-order valence-corrected chi connectivity index (χ0v) is 10.1. The Morgan fingerprint density at radius 3 is 2.50 bits per heavy atom. The molecule has 0 spiro atoms. The Kier molecular flexibility index (Phi) is 3.02. The number of non-ortho nitro benzene ring substituents is 1. The molecular formula is C10H8N4O3S. The first-order valence-electron chi connectivity index (χ1n) is 4.89. The largest absolute Gasteiger partial charge is 0.292 e. The van der Waals surface area contributed by atoms with Gasteiger partial charge in [0, 0.05) is 19.1 Å². The summed E-state index contributed by atoms with van der Waals surface area (Å²) in [5, 5.41) is 22.4. The van der Waals surface area contributed by atoms with Crippen LogP contribution in [-0.2, 0) is 0 Å². The molecule has 0 aliphatic rings. The van der Waals surface area contributed by atoms with Crippen LogP contribution in [0.1, 0.15) is 16.7 Å². The Balaban J connectivity index is 2.46. The second-order valence-corrected chi connectivity index (χ2v) is 4.43. The number of nitrogens with one attached hydrogen (secondary N) is 1. The summed E-state index contributed by atoms with van der Waals surface area (Å²) in [6.07, 6.45) is 0. The molecule has 0 fully saturated rings. The highest BCUT2D eigenvalue weighted by molar-refractivity contribution is 7.10. The van der Waals surface area contributed by atoms with E-state index in [1.165, 1.54) is 35.9 Å². The van der Waals surface area contributed by atoms with Gasteiger partial charge in [-0.1, -0.05) is 11.3 Å². The van der Waals surface area contributed by atoms with Gasteiger partial charge in [-0.2, -0.15) is 5.10 Å². The first-order chi connectivity index (χ1) is 8.49. The maximum atomic E-state index is 11.1. The number of benzene rings is 1. The van der Waals surface area contributed by atoms with Crippen molar-refractivity contribution in [2.45, 2.75) is 6.92 Å². The van der Waals surface area contributed by atoms with E-state index in [-0.39, 0.29) is 21.3 Å². The number of carbonyl (C=O) groups is 1. The molecule has 2 aromatic rings. The minimum Gasteiger partial charge on any atom is -0.292 e. The molecule has 7 nitrogen and oxygen atoms in total. The molecule has 0 saturated heterocycles. The van der Waals surface area contributed by atoms with Crippen LogP contribution < -0.4 is 4.80 Å². The van der Waals surface area contributed by atoms with Gasteiger partial charge in [0.1, 0.15) is 0 Å². The molecule has 0 bridgehead atoms. The van der Waals surface area contributed by atoms with Crippen LogP contribution in [0.2, 0.25) is 0 Å². The van der Waals surface area contributed by atoms with Gasteiger partial charge in [-0.25, -0.2) is 4.68 Å². The number of nitrogens with zero attached hydrogens (tertiary/aromatic N) is 3. The zero-order valence-electron chi connectivity index (χ0n) is 9.28. The number of ketones is 1. The minimum absolute atomic E-state index is 0.0344. The number of rotatable bonds is 3. The molecule has 2 rings (SSSR count). The highest BCUT2D eigenvalue weighted by Crippen LogP contribution is 2.14. The van der Waals surface area contributed by atoms with Gasteiger partial charge in [0.2, 0.25) is 4.80 Å². The first kappa shape index (κ1) is 12.1. The molecule has 8 heteroatoms. The van der Waals surface area contributed by atoms with Gasteiger partial charge in [-0.05, 0) is 12.1 Å². The van der Waals surface area contributed by atoms with Crippen molar-refractivity contribution >= 4 is 22.8 Å². The van der Waals surface area contributed by atoms with Crippen molar-refractivity contribution in [3.05, 3.63) is 44.2 Å². The number of hydrogen-bond acceptors (Lipinski definition) is 6. The van der Waals surface area contributed by atoms with E-state index < -0.39 is 4.92 Å². The maximum Gasteiger partial charge on any atom is 0.269 e. The van der Waals surface area contributed by atoms with Crippen molar-refractivity contribution < 1.29 is 9.72 Å². The number of aromatic nitrogens is 2. The van der Waals surface area contributed by atoms with Crippen LogP contribution in [0.25, 0.3) is 5.69 Å². The standard InChI is InChI=1S/C10H8N4O3S/c1-6(15)9-12-13(10(11)18-9)7-2-4-8(5-3-7)14(16)17/h2-5,11H,1H3. The number of carbonyl (C=O) groups excluding carboxylic acids is 1. The zero-order chi connectivity index (χ0) is 13.3.